The topological polar surface area (TPSA) is 41.6 Å². The van der Waals surface area contributed by atoms with Gasteiger partial charge in [-0.2, -0.15) is 5.26 Å². The van der Waals surface area contributed by atoms with Gasteiger partial charge in [0.1, 0.15) is 17.5 Å². The van der Waals surface area contributed by atoms with Gasteiger partial charge in [0.2, 0.25) is 0 Å². The Morgan fingerprint density at radius 2 is 1.73 bits per heavy atom. The second-order valence-corrected chi connectivity index (χ2v) is 4.85. The van der Waals surface area contributed by atoms with Crippen LogP contribution in [0.15, 0.2) is 54.9 Å². The van der Waals surface area contributed by atoms with Crippen LogP contribution in [0, 0.1) is 23.0 Å². The number of benzene rings is 2. The monoisotopic (exact) mass is 295 g/mol. The lowest BCUT2D eigenvalue weighted by atomic mass is 10.1. The first kappa shape index (κ1) is 14.0. The lowest BCUT2D eigenvalue weighted by molar-refractivity contribution is 0.583. The molecule has 2 aromatic carbocycles. The summed E-state index contributed by atoms with van der Waals surface area (Å²) in [6.45, 7) is 0.499. The molecule has 0 aliphatic heterocycles. The fourth-order valence-corrected chi connectivity index (χ4v) is 2.26. The van der Waals surface area contributed by atoms with E-state index >= 15 is 0 Å². The molecule has 0 atom stereocenters. The van der Waals surface area contributed by atoms with E-state index in [2.05, 4.69) is 11.1 Å². The molecule has 0 aliphatic carbocycles. The molecule has 0 saturated heterocycles. The van der Waals surface area contributed by atoms with Crippen LogP contribution in [0.1, 0.15) is 11.1 Å². The molecule has 0 saturated carbocycles. The molecule has 1 aromatic heterocycles. The van der Waals surface area contributed by atoms with Crippen LogP contribution in [-0.2, 0) is 6.54 Å². The number of nitriles is 1. The number of nitrogens with zero attached hydrogens (tertiary/aromatic N) is 3. The highest BCUT2D eigenvalue weighted by atomic mass is 19.1. The van der Waals surface area contributed by atoms with Gasteiger partial charge in [0.05, 0.1) is 11.6 Å². The average molecular weight is 295 g/mol. The first-order valence-corrected chi connectivity index (χ1v) is 6.62. The summed E-state index contributed by atoms with van der Waals surface area (Å²) < 4.78 is 28.5. The molecular weight excluding hydrogens is 284 g/mol. The Morgan fingerprint density at radius 1 is 1.05 bits per heavy atom. The average Bonchev–Trinajstić information content (AvgIpc) is 2.95. The van der Waals surface area contributed by atoms with Crippen LogP contribution >= 0.6 is 0 Å². The molecule has 0 N–H and O–H groups in total. The Labute approximate surface area is 126 Å². The van der Waals surface area contributed by atoms with Crippen molar-refractivity contribution in [1.29, 1.82) is 5.26 Å². The van der Waals surface area contributed by atoms with Gasteiger partial charge in [0.15, 0.2) is 0 Å². The van der Waals surface area contributed by atoms with Crippen molar-refractivity contribution in [2.75, 3.05) is 0 Å². The summed E-state index contributed by atoms with van der Waals surface area (Å²) in [5.41, 5.74) is 1.94. The van der Waals surface area contributed by atoms with Crippen molar-refractivity contribution in [1.82, 2.24) is 9.55 Å². The second-order valence-electron chi connectivity index (χ2n) is 4.85. The number of hydrogen-bond acceptors (Lipinski definition) is 2. The fraction of sp³-hybridized carbons (Fsp3) is 0.0588. The van der Waals surface area contributed by atoms with Crippen molar-refractivity contribution in [3.05, 3.63) is 77.6 Å². The zero-order chi connectivity index (χ0) is 15.5. The van der Waals surface area contributed by atoms with Crippen LogP contribution in [0.25, 0.3) is 11.4 Å². The van der Waals surface area contributed by atoms with Gasteiger partial charge in [-0.05, 0) is 29.8 Å². The Bertz CT molecular complexity index is 825. The van der Waals surface area contributed by atoms with E-state index < -0.39 is 11.6 Å². The lowest BCUT2D eigenvalue weighted by Crippen LogP contribution is -2.01. The molecule has 0 radical (unpaired) electrons. The van der Waals surface area contributed by atoms with Crippen LogP contribution in [-0.4, -0.2) is 9.55 Å². The first-order chi connectivity index (χ1) is 10.7. The highest BCUT2D eigenvalue weighted by Gasteiger charge is 2.09. The summed E-state index contributed by atoms with van der Waals surface area (Å²) in [4.78, 5) is 4.18. The molecule has 3 rings (SSSR count). The van der Waals surface area contributed by atoms with Gasteiger partial charge in [-0.25, -0.2) is 13.8 Å². The SMILES string of the molecule is N#Cc1ccc(Cn2ccnc2-c2cc(F)cc(F)c2)cc1. The molecule has 0 fully saturated rings. The second kappa shape index (κ2) is 5.78. The third-order valence-corrected chi connectivity index (χ3v) is 3.27. The molecule has 5 heteroatoms. The molecule has 3 aromatic rings. The third-order valence-electron chi connectivity index (χ3n) is 3.27. The minimum absolute atomic E-state index is 0.385. The molecule has 1 heterocycles. The van der Waals surface area contributed by atoms with E-state index in [1.54, 1.807) is 29.1 Å². The van der Waals surface area contributed by atoms with E-state index in [9.17, 15) is 8.78 Å². The van der Waals surface area contributed by atoms with Gasteiger partial charge in [-0.15, -0.1) is 0 Å². The standard InChI is InChI=1S/C17H11F2N3/c18-15-7-14(8-16(19)9-15)17-21-5-6-22(17)11-13-3-1-12(10-20)2-4-13/h1-9H,11H2. The molecule has 0 bridgehead atoms. The number of hydrogen-bond donors (Lipinski definition) is 0. The van der Waals surface area contributed by atoms with Gasteiger partial charge < -0.3 is 4.57 Å². The summed E-state index contributed by atoms with van der Waals surface area (Å²) in [6, 6.07) is 12.5. The molecule has 3 nitrogen and oxygen atoms in total. The predicted molar refractivity (Wildman–Crippen MR) is 77.8 cm³/mol. The van der Waals surface area contributed by atoms with Crippen LogP contribution in [0.2, 0.25) is 0 Å². The first-order valence-electron chi connectivity index (χ1n) is 6.62. The van der Waals surface area contributed by atoms with Crippen molar-refractivity contribution < 1.29 is 8.78 Å². The smallest absolute Gasteiger partial charge is 0.140 e. The molecule has 0 aliphatic rings. The van der Waals surface area contributed by atoms with Gasteiger partial charge in [-0.3, -0.25) is 0 Å². The summed E-state index contributed by atoms with van der Waals surface area (Å²) in [7, 11) is 0. The van der Waals surface area contributed by atoms with E-state index in [1.165, 1.54) is 12.1 Å². The van der Waals surface area contributed by atoms with Gasteiger partial charge in [-0.1, -0.05) is 12.1 Å². The van der Waals surface area contributed by atoms with Gasteiger partial charge >= 0.3 is 0 Å². The highest BCUT2D eigenvalue weighted by Crippen LogP contribution is 2.21. The zero-order valence-electron chi connectivity index (χ0n) is 11.5. The minimum Gasteiger partial charge on any atom is -0.327 e. The fourth-order valence-electron chi connectivity index (χ4n) is 2.26. The number of aromatic nitrogens is 2. The lowest BCUT2D eigenvalue weighted by Gasteiger charge is -2.08. The maximum atomic E-state index is 13.4. The van der Waals surface area contributed by atoms with Crippen LogP contribution < -0.4 is 0 Å². The maximum Gasteiger partial charge on any atom is 0.140 e. The molecule has 108 valence electrons. The summed E-state index contributed by atoms with van der Waals surface area (Å²) >= 11 is 0. The number of imidazole rings is 1. The normalized spacial score (nSPS) is 10.4. The Kier molecular flexibility index (Phi) is 3.67. The number of halogens is 2. The molecule has 0 unspecified atom stereocenters. The van der Waals surface area contributed by atoms with Gasteiger partial charge in [0.25, 0.3) is 0 Å². The minimum atomic E-state index is -0.636. The summed E-state index contributed by atoms with van der Waals surface area (Å²) in [5, 5.41) is 8.79. The summed E-state index contributed by atoms with van der Waals surface area (Å²) in [5.74, 6) is -0.784. The largest absolute Gasteiger partial charge is 0.327 e. The zero-order valence-corrected chi connectivity index (χ0v) is 11.5. The predicted octanol–water partition coefficient (Wildman–Crippen LogP) is 3.75. The molecular formula is C17H11F2N3. The Hall–Kier alpha value is -3.00. The Morgan fingerprint density at radius 3 is 2.36 bits per heavy atom. The van der Waals surface area contributed by atoms with Crippen molar-refractivity contribution in [3.8, 4) is 17.5 Å². The van der Waals surface area contributed by atoms with Crippen molar-refractivity contribution in [2.45, 2.75) is 6.54 Å². The molecule has 0 amide bonds. The van der Waals surface area contributed by atoms with Crippen molar-refractivity contribution >= 4 is 0 Å². The van der Waals surface area contributed by atoms with E-state index in [-0.39, 0.29) is 0 Å². The highest BCUT2D eigenvalue weighted by molar-refractivity contribution is 5.56. The van der Waals surface area contributed by atoms with Crippen LogP contribution in [0.3, 0.4) is 0 Å². The number of rotatable bonds is 3. The van der Waals surface area contributed by atoms with E-state index in [0.29, 0.717) is 23.5 Å². The van der Waals surface area contributed by atoms with E-state index in [1.807, 2.05) is 12.1 Å². The Balaban J connectivity index is 1.93. The molecule has 22 heavy (non-hydrogen) atoms. The molecule has 0 spiro atoms. The van der Waals surface area contributed by atoms with Gasteiger partial charge in [0, 0.05) is 30.6 Å². The third kappa shape index (κ3) is 2.86. The maximum absolute atomic E-state index is 13.4. The van der Waals surface area contributed by atoms with Crippen molar-refractivity contribution in [3.63, 3.8) is 0 Å². The quantitative estimate of drug-likeness (QED) is 0.738. The van der Waals surface area contributed by atoms with E-state index in [0.717, 1.165) is 11.6 Å². The van der Waals surface area contributed by atoms with Crippen molar-refractivity contribution in [2.24, 2.45) is 0 Å². The van der Waals surface area contributed by atoms with Crippen LogP contribution in [0.4, 0.5) is 8.78 Å². The summed E-state index contributed by atoms with van der Waals surface area (Å²) in [6.07, 6.45) is 3.33. The van der Waals surface area contributed by atoms with Crippen LogP contribution in [0.5, 0.6) is 0 Å². The van der Waals surface area contributed by atoms with E-state index in [4.69, 9.17) is 5.26 Å².